The molecular formula is C16H12FN7O. The van der Waals surface area contributed by atoms with Crippen LogP contribution in [0.4, 0.5) is 4.39 Å². The Hall–Kier alpha value is -3.67. The molecule has 1 aliphatic heterocycles. The molecular weight excluding hydrogens is 325 g/mol. The summed E-state index contributed by atoms with van der Waals surface area (Å²) < 4.78 is 20.9. The van der Waals surface area contributed by atoms with Crippen LogP contribution in [0, 0.1) is 24.1 Å². The fourth-order valence-electron chi connectivity index (χ4n) is 2.65. The van der Waals surface area contributed by atoms with Crippen molar-refractivity contribution < 1.29 is 9.02 Å². The van der Waals surface area contributed by atoms with Gasteiger partial charge in [0.1, 0.15) is 28.8 Å². The van der Waals surface area contributed by atoms with Crippen molar-refractivity contribution in [3.8, 4) is 17.6 Å². The number of imidazole rings is 1. The van der Waals surface area contributed by atoms with E-state index >= 15 is 0 Å². The van der Waals surface area contributed by atoms with Gasteiger partial charge in [0.15, 0.2) is 11.5 Å². The minimum absolute atomic E-state index is 0.293. The molecule has 0 unspecified atom stereocenters. The van der Waals surface area contributed by atoms with E-state index in [9.17, 15) is 4.39 Å². The van der Waals surface area contributed by atoms with Crippen LogP contribution in [-0.4, -0.2) is 19.9 Å². The van der Waals surface area contributed by atoms with E-state index in [1.807, 2.05) is 6.07 Å². The van der Waals surface area contributed by atoms with Crippen molar-refractivity contribution in [2.75, 3.05) is 0 Å². The van der Waals surface area contributed by atoms with Gasteiger partial charge in [0.25, 0.3) is 0 Å². The lowest BCUT2D eigenvalue weighted by Gasteiger charge is -2.17. The zero-order valence-electron chi connectivity index (χ0n) is 13.1. The molecule has 0 amide bonds. The van der Waals surface area contributed by atoms with E-state index in [1.165, 1.54) is 6.07 Å². The molecule has 3 heterocycles. The van der Waals surface area contributed by atoms with Crippen molar-refractivity contribution in [2.24, 2.45) is 0 Å². The summed E-state index contributed by atoms with van der Waals surface area (Å²) >= 11 is 0. The normalized spacial score (nSPS) is 13.6. The van der Waals surface area contributed by atoms with Crippen LogP contribution >= 0.6 is 0 Å². The van der Waals surface area contributed by atoms with E-state index in [1.54, 1.807) is 35.8 Å². The van der Waals surface area contributed by atoms with Crippen LogP contribution in [0.3, 0.4) is 0 Å². The highest BCUT2D eigenvalue weighted by Crippen LogP contribution is 2.27. The number of benzene rings is 1. The van der Waals surface area contributed by atoms with Gasteiger partial charge >= 0.3 is 0 Å². The summed E-state index contributed by atoms with van der Waals surface area (Å²) in [5.41, 5.74) is 8.69. The van der Waals surface area contributed by atoms with E-state index in [0.717, 1.165) is 5.70 Å². The second-order valence-electron chi connectivity index (χ2n) is 5.46. The minimum atomic E-state index is -0.386. The number of hydrogen-bond donors (Lipinski definition) is 2. The quantitative estimate of drug-likeness (QED) is 0.752. The molecule has 1 aliphatic rings. The third-order valence-corrected chi connectivity index (χ3v) is 3.84. The number of rotatable bonds is 3. The number of nitriles is 1. The van der Waals surface area contributed by atoms with Gasteiger partial charge in [-0.3, -0.25) is 5.43 Å². The molecule has 9 heteroatoms. The van der Waals surface area contributed by atoms with Crippen LogP contribution in [-0.2, 0) is 6.54 Å². The second-order valence-corrected chi connectivity index (χ2v) is 5.46. The van der Waals surface area contributed by atoms with Gasteiger partial charge in [-0.15, -0.1) is 0 Å². The summed E-state index contributed by atoms with van der Waals surface area (Å²) in [7, 11) is 0. The highest BCUT2D eigenvalue weighted by molar-refractivity contribution is 5.81. The first-order chi connectivity index (χ1) is 12.2. The summed E-state index contributed by atoms with van der Waals surface area (Å²) in [5, 5.41) is 16.5. The Labute approximate surface area is 141 Å². The number of aryl methyl sites for hydroxylation is 1. The van der Waals surface area contributed by atoms with Crippen LogP contribution in [0.2, 0.25) is 0 Å². The lowest BCUT2D eigenvalue weighted by Crippen LogP contribution is -2.34. The number of aromatic nitrogens is 4. The fraction of sp³-hybridized carbons (Fsp3) is 0.125. The van der Waals surface area contributed by atoms with Gasteiger partial charge in [-0.2, -0.15) is 5.26 Å². The summed E-state index contributed by atoms with van der Waals surface area (Å²) in [6, 6.07) is 6.72. The Bertz CT molecular complexity index is 1070. The van der Waals surface area contributed by atoms with Crippen LogP contribution < -0.4 is 10.9 Å². The maximum absolute atomic E-state index is 14.4. The Morgan fingerprint density at radius 1 is 1.28 bits per heavy atom. The molecule has 0 atom stereocenters. The molecule has 1 aromatic carbocycles. The van der Waals surface area contributed by atoms with Crippen molar-refractivity contribution in [3.05, 3.63) is 53.3 Å². The third kappa shape index (κ3) is 2.49. The molecule has 2 aromatic heterocycles. The number of allylic oxidation sites excluding steroid dienone is 4. The van der Waals surface area contributed by atoms with Gasteiger partial charge < -0.3 is 9.99 Å². The predicted octanol–water partition coefficient (Wildman–Crippen LogP) is 1.93. The molecule has 0 saturated heterocycles. The minimum Gasteiger partial charge on any atom is -0.314 e. The number of fused-ring (bicyclic) bond motifs is 1. The molecule has 0 aliphatic carbocycles. The van der Waals surface area contributed by atoms with Crippen LogP contribution in [0.15, 0.2) is 46.4 Å². The second kappa shape index (κ2) is 5.76. The standard InChI is InChI=1S/C16H12FN7O/c1-9-14(23-25-22-9)16-19-13-4-2-3-12(17)15(13)24(16)8-11-6-5-10(7-18)20-21-11/h2-6,20-21H,8H2,1H3. The van der Waals surface area contributed by atoms with Crippen LogP contribution in [0.5, 0.6) is 0 Å². The molecule has 4 rings (SSSR count). The van der Waals surface area contributed by atoms with E-state index in [2.05, 4.69) is 26.1 Å². The van der Waals surface area contributed by atoms with Gasteiger partial charge in [0.05, 0.1) is 17.8 Å². The molecule has 0 saturated carbocycles. The van der Waals surface area contributed by atoms with Gasteiger partial charge in [0, 0.05) is 0 Å². The highest BCUT2D eigenvalue weighted by atomic mass is 19.1. The molecule has 0 bridgehead atoms. The number of nitrogens with one attached hydrogen (secondary N) is 2. The number of nitrogens with zero attached hydrogens (tertiary/aromatic N) is 5. The zero-order chi connectivity index (χ0) is 17.4. The molecule has 124 valence electrons. The van der Waals surface area contributed by atoms with E-state index in [-0.39, 0.29) is 5.82 Å². The summed E-state index contributed by atoms with van der Waals surface area (Å²) in [6.07, 6.45) is 3.39. The fourth-order valence-corrected chi connectivity index (χ4v) is 2.65. The highest BCUT2D eigenvalue weighted by Gasteiger charge is 2.21. The largest absolute Gasteiger partial charge is 0.314 e. The number of hydrazine groups is 1. The third-order valence-electron chi connectivity index (χ3n) is 3.84. The van der Waals surface area contributed by atoms with Crippen molar-refractivity contribution in [1.82, 2.24) is 30.7 Å². The maximum Gasteiger partial charge on any atom is 0.173 e. The predicted molar refractivity (Wildman–Crippen MR) is 85.8 cm³/mol. The van der Waals surface area contributed by atoms with E-state index < -0.39 is 0 Å². The number of hydrogen-bond acceptors (Lipinski definition) is 7. The van der Waals surface area contributed by atoms with Gasteiger partial charge in [-0.1, -0.05) is 11.2 Å². The summed E-state index contributed by atoms with van der Waals surface area (Å²) in [6.45, 7) is 2.04. The Balaban J connectivity index is 1.87. The average molecular weight is 337 g/mol. The van der Waals surface area contributed by atoms with Gasteiger partial charge in [0.2, 0.25) is 0 Å². The molecule has 25 heavy (non-hydrogen) atoms. The Morgan fingerprint density at radius 2 is 2.16 bits per heavy atom. The van der Waals surface area contributed by atoms with Gasteiger partial charge in [-0.05, 0) is 36.4 Å². The molecule has 0 radical (unpaired) electrons. The molecule has 2 N–H and O–H groups in total. The van der Waals surface area contributed by atoms with E-state index in [0.29, 0.717) is 40.5 Å². The molecule has 0 spiro atoms. The molecule has 8 nitrogen and oxygen atoms in total. The molecule has 3 aromatic rings. The number of halogens is 1. The lowest BCUT2D eigenvalue weighted by molar-refractivity contribution is 0.305. The Morgan fingerprint density at radius 3 is 2.84 bits per heavy atom. The topological polar surface area (TPSA) is 105 Å². The SMILES string of the molecule is Cc1nonc1-c1nc2cccc(F)c2n1CC1=CC=C(C#N)NN1. The van der Waals surface area contributed by atoms with Crippen molar-refractivity contribution >= 4 is 11.0 Å². The molecule has 0 fully saturated rings. The van der Waals surface area contributed by atoms with Crippen molar-refractivity contribution in [2.45, 2.75) is 13.5 Å². The van der Waals surface area contributed by atoms with Gasteiger partial charge in [-0.25, -0.2) is 14.0 Å². The first-order valence-corrected chi connectivity index (χ1v) is 7.44. The first-order valence-electron chi connectivity index (χ1n) is 7.44. The van der Waals surface area contributed by atoms with Crippen LogP contribution in [0.25, 0.3) is 22.6 Å². The van der Waals surface area contributed by atoms with Crippen LogP contribution in [0.1, 0.15) is 5.69 Å². The monoisotopic (exact) mass is 337 g/mol. The maximum atomic E-state index is 14.4. The zero-order valence-corrected chi connectivity index (χ0v) is 13.1. The average Bonchev–Trinajstić information content (AvgIpc) is 3.20. The smallest absolute Gasteiger partial charge is 0.173 e. The van der Waals surface area contributed by atoms with Crippen molar-refractivity contribution in [1.29, 1.82) is 5.26 Å². The van der Waals surface area contributed by atoms with Crippen molar-refractivity contribution in [3.63, 3.8) is 0 Å². The summed E-state index contributed by atoms with van der Waals surface area (Å²) in [4.78, 5) is 4.49. The Kier molecular flexibility index (Phi) is 3.43. The first kappa shape index (κ1) is 14.9. The number of para-hydroxylation sites is 1. The van der Waals surface area contributed by atoms with E-state index in [4.69, 9.17) is 9.89 Å². The summed E-state index contributed by atoms with van der Waals surface area (Å²) in [5.74, 6) is 0.0691. The lowest BCUT2D eigenvalue weighted by atomic mass is 10.2.